The molecule has 1 aliphatic carbocycles. The van der Waals surface area contributed by atoms with Crippen molar-refractivity contribution in [1.29, 1.82) is 0 Å². The Kier molecular flexibility index (Phi) is 2.35. The first-order chi connectivity index (χ1) is 6.75. The summed E-state index contributed by atoms with van der Waals surface area (Å²) in [4.78, 5) is 14.6. The molecule has 1 aliphatic rings. The molecule has 2 N–H and O–H groups in total. The van der Waals surface area contributed by atoms with Crippen LogP contribution in [0.1, 0.15) is 24.5 Å². The van der Waals surface area contributed by atoms with E-state index in [1.54, 1.807) is 6.07 Å². The Morgan fingerprint density at radius 1 is 1.57 bits per heavy atom. The molecule has 0 aromatic carbocycles. The van der Waals surface area contributed by atoms with Gasteiger partial charge in [0, 0.05) is 11.6 Å². The second kappa shape index (κ2) is 3.65. The van der Waals surface area contributed by atoms with Crippen molar-refractivity contribution in [1.82, 2.24) is 4.98 Å². The Balaban J connectivity index is 2.02. The lowest BCUT2D eigenvalue weighted by molar-refractivity contribution is -0.134. The van der Waals surface area contributed by atoms with Crippen molar-refractivity contribution in [2.45, 2.75) is 18.8 Å². The fourth-order valence-corrected chi connectivity index (χ4v) is 1.32. The third-order valence-corrected chi connectivity index (χ3v) is 2.19. The molecular formula is C10H12N2O2. The molecule has 2 rings (SSSR count). The standard InChI is InChI=1S/C10H12N2O2/c13-10(14)6-11-9-3-1-2-8(12-9)7-4-5-7/h1-3,7H,4-6H2,(H,11,12)(H,13,14). The molecule has 1 saturated carbocycles. The number of nitrogens with zero attached hydrogens (tertiary/aromatic N) is 1. The summed E-state index contributed by atoms with van der Waals surface area (Å²) in [5.74, 6) is 0.377. The van der Waals surface area contributed by atoms with E-state index in [-0.39, 0.29) is 6.54 Å². The van der Waals surface area contributed by atoms with Crippen LogP contribution < -0.4 is 5.32 Å². The molecule has 1 fully saturated rings. The number of carboxylic acid groups (broad SMARTS) is 1. The van der Waals surface area contributed by atoms with Gasteiger partial charge in [0.25, 0.3) is 0 Å². The highest BCUT2D eigenvalue weighted by atomic mass is 16.4. The molecular weight excluding hydrogens is 180 g/mol. The van der Waals surface area contributed by atoms with Crippen LogP contribution in [0.25, 0.3) is 0 Å². The van der Waals surface area contributed by atoms with E-state index >= 15 is 0 Å². The Hall–Kier alpha value is -1.58. The van der Waals surface area contributed by atoms with Crippen molar-refractivity contribution >= 4 is 11.8 Å². The second-order valence-corrected chi connectivity index (χ2v) is 3.47. The van der Waals surface area contributed by atoms with Gasteiger partial charge >= 0.3 is 5.97 Å². The minimum Gasteiger partial charge on any atom is -0.480 e. The third kappa shape index (κ3) is 2.22. The zero-order valence-corrected chi connectivity index (χ0v) is 7.73. The Labute approximate surface area is 82.0 Å². The van der Waals surface area contributed by atoms with Crippen LogP contribution in [0, 0.1) is 0 Å². The van der Waals surface area contributed by atoms with Gasteiger partial charge in [0.05, 0.1) is 0 Å². The molecule has 74 valence electrons. The van der Waals surface area contributed by atoms with E-state index < -0.39 is 5.97 Å². The summed E-state index contributed by atoms with van der Waals surface area (Å²) in [7, 11) is 0. The maximum Gasteiger partial charge on any atom is 0.322 e. The Morgan fingerprint density at radius 2 is 2.36 bits per heavy atom. The van der Waals surface area contributed by atoms with Crippen molar-refractivity contribution < 1.29 is 9.90 Å². The zero-order valence-electron chi connectivity index (χ0n) is 7.73. The highest BCUT2D eigenvalue weighted by Crippen LogP contribution is 2.39. The van der Waals surface area contributed by atoms with Gasteiger partial charge in [-0.15, -0.1) is 0 Å². The van der Waals surface area contributed by atoms with Crippen LogP contribution in [0.3, 0.4) is 0 Å². The average molecular weight is 192 g/mol. The summed E-state index contributed by atoms with van der Waals surface area (Å²) in [6.45, 7) is -0.0822. The van der Waals surface area contributed by atoms with Gasteiger partial charge in [-0.1, -0.05) is 6.07 Å². The summed E-state index contributed by atoms with van der Waals surface area (Å²) in [6.07, 6.45) is 2.41. The van der Waals surface area contributed by atoms with E-state index in [9.17, 15) is 4.79 Å². The fraction of sp³-hybridized carbons (Fsp3) is 0.400. The second-order valence-electron chi connectivity index (χ2n) is 3.47. The molecule has 4 nitrogen and oxygen atoms in total. The van der Waals surface area contributed by atoms with E-state index in [1.165, 1.54) is 12.8 Å². The number of rotatable bonds is 4. The maximum atomic E-state index is 10.3. The largest absolute Gasteiger partial charge is 0.480 e. The summed E-state index contributed by atoms with van der Waals surface area (Å²) in [5, 5.41) is 11.2. The van der Waals surface area contributed by atoms with E-state index in [0.29, 0.717) is 11.7 Å². The van der Waals surface area contributed by atoms with E-state index in [4.69, 9.17) is 5.11 Å². The number of aromatic nitrogens is 1. The van der Waals surface area contributed by atoms with Gasteiger partial charge in [0.2, 0.25) is 0 Å². The quantitative estimate of drug-likeness (QED) is 0.758. The van der Waals surface area contributed by atoms with Crippen LogP contribution in [0.15, 0.2) is 18.2 Å². The van der Waals surface area contributed by atoms with E-state index in [0.717, 1.165) is 5.69 Å². The third-order valence-electron chi connectivity index (χ3n) is 2.19. The molecule has 0 bridgehead atoms. The van der Waals surface area contributed by atoms with Gasteiger partial charge in [-0.3, -0.25) is 4.79 Å². The van der Waals surface area contributed by atoms with Gasteiger partial charge in [0.15, 0.2) is 0 Å². The summed E-state index contributed by atoms with van der Waals surface area (Å²) in [5.41, 5.74) is 1.07. The van der Waals surface area contributed by atoms with Crippen LogP contribution in [0.4, 0.5) is 5.82 Å². The number of hydrogen-bond donors (Lipinski definition) is 2. The molecule has 1 aromatic rings. The summed E-state index contributed by atoms with van der Waals surface area (Å²) in [6, 6.07) is 5.68. The predicted octanol–water partition coefficient (Wildman–Crippen LogP) is 1.46. The number of nitrogens with one attached hydrogen (secondary N) is 1. The van der Waals surface area contributed by atoms with Gasteiger partial charge in [-0.2, -0.15) is 0 Å². The highest BCUT2D eigenvalue weighted by Gasteiger charge is 2.24. The number of carbonyl (C=O) groups is 1. The topological polar surface area (TPSA) is 62.2 Å². The molecule has 1 heterocycles. The Morgan fingerprint density at radius 3 is 3.00 bits per heavy atom. The van der Waals surface area contributed by atoms with Crippen molar-refractivity contribution in [2.75, 3.05) is 11.9 Å². The lowest BCUT2D eigenvalue weighted by Crippen LogP contribution is -2.13. The van der Waals surface area contributed by atoms with Crippen LogP contribution in [0.2, 0.25) is 0 Å². The predicted molar refractivity (Wildman–Crippen MR) is 52.3 cm³/mol. The number of anilines is 1. The monoisotopic (exact) mass is 192 g/mol. The van der Waals surface area contributed by atoms with Crippen molar-refractivity contribution in [3.05, 3.63) is 23.9 Å². The molecule has 0 amide bonds. The van der Waals surface area contributed by atoms with Crippen LogP contribution >= 0.6 is 0 Å². The van der Waals surface area contributed by atoms with Crippen LogP contribution in [-0.4, -0.2) is 22.6 Å². The number of aliphatic carboxylic acids is 1. The first-order valence-electron chi connectivity index (χ1n) is 4.68. The van der Waals surface area contributed by atoms with Crippen LogP contribution in [-0.2, 0) is 4.79 Å². The van der Waals surface area contributed by atoms with Crippen LogP contribution in [0.5, 0.6) is 0 Å². The molecule has 0 atom stereocenters. The van der Waals surface area contributed by atoms with Gasteiger partial charge in [-0.05, 0) is 25.0 Å². The SMILES string of the molecule is O=C(O)CNc1cccc(C2CC2)n1. The number of hydrogen-bond acceptors (Lipinski definition) is 3. The minimum atomic E-state index is -0.872. The zero-order chi connectivity index (χ0) is 9.97. The molecule has 0 radical (unpaired) electrons. The summed E-state index contributed by atoms with van der Waals surface area (Å²) >= 11 is 0. The normalized spacial score (nSPS) is 15.1. The number of carboxylic acids is 1. The fourth-order valence-electron chi connectivity index (χ4n) is 1.32. The lowest BCUT2D eigenvalue weighted by atomic mass is 10.2. The summed E-state index contributed by atoms with van der Waals surface area (Å²) < 4.78 is 0. The van der Waals surface area contributed by atoms with Crippen molar-refractivity contribution in [3.63, 3.8) is 0 Å². The van der Waals surface area contributed by atoms with E-state index in [1.807, 2.05) is 12.1 Å². The number of pyridine rings is 1. The van der Waals surface area contributed by atoms with Crippen molar-refractivity contribution in [3.8, 4) is 0 Å². The molecule has 0 saturated heterocycles. The van der Waals surface area contributed by atoms with Crippen molar-refractivity contribution in [2.24, 2.45) is 0 Å². The van der Waals surface area contributed by atoms with Gasteiger partial charge < -0.3 is 10.4 Å². The first-order valence-corrected chi connectivity index (χ1v) is 4.68. The molecule has 0 unspecified atom stereocenters. The van der Waals surface area contributed by atoms with Gasteiger partial charge in [-0.25, -0.2) is 4.98 Å². The Bertz CT molecular complexity index is 348. The minimum absolute atomic E-state index is 0.0822. The maximum absolute atomic E-state index is 10.3. The lowest BCUT2D eigenvalue weighted by Gasteiger charge is -2.03. The molecule has 4 heteroatoms. The molecule has 0 spiro atoms. The first kappa shape index (κ1) is 8.99. The van der Waals surface area contributed by atoms with Gasteiger partial charge in [0.1, 0.15) is 12.4 Å². The highest BCUT2D eigenvalue weighted by molar-refractivity contribution is 5.72. The van der Waals surface area contributed by atoms with E-state index in [2.05, 4.69) is 10.3 Å². The molecule has 14 heavy (non-hydrogen) atoms. The molecule has 1 aromatic heterocycles. The smallest absolute Gasteiger partial charge is 0.322 e. The average Bonchev–Trinajstić information content (AvgIpc) is 2.98. The molecule has 0 aliphatic heterocycles.